The number of thiol groups is 1. The number of rotatable bonds is 9. The van der Waals surface area contributed by atoms with Gasteiger partial charge in [-0.1, -0.05) is 12.8 Å². The molecule has 0 aliphatic carbocycles. The summed E-state index contributed by atoms with van der Waals surface area (Å²) in [5, 5.41) is 0. The number of fused-ring (bicyclic) bond motifs is 1. The van der Waals surface area contributed by atoms with Crippen molar-refractivity contribution in [3.63, 3.8) is 0 Å². The number of likely N-dealkylation sites (N-methyl/N-ethyl adjacent to an activating group) is 1. The van der Waals surface area contributed by atoms with Crippen LogP contribution in [0.1, 0.15) is 18.4 Å². The SMILES string of the molecule is COCCN(C)CCCCOc1ccc2c(c1)CCN2S. The quantitative estimate of drug-likeness (QED) is 0.560. The van der Waals surface area contributed by atoms with E-state index in [9.17, 15) is 0 Å². The number of benzene rings is 1. The van der Waals surface area contributed by atoms with E-state index in [-0.39, 0.29) is 0 Å². The van der Waals surface area contributed by atoms with Crippen molar-refractivity contribution in [3.05, 3.63) is 23.8 Å². The summed E-state index contributed by atoms with van der Waals surface area (Å²) in [6.07, 6.45) is 3.28. The first-order valence-electron chi connectivity index (χ1n) is 7.60. The first kappa shape index (κ1) is 16.5. The Labute approximate surface area is 133 Å². The third kappa shape index (κ3) is 5.09. The third-order valence-corrected chi connectivity index (χ3v) is 4.22. The molecule has 1 heterocycles. The average molecular weight is 310 g/mol. The minimum atomic E-state index is 0.779. The molecule has 0 atom stereocenters. The molecule has 0 unspecified atom stereocenters. The van der Waals surface area contributed by atoms with Crippen LogP contribution < -0.4 is 9.04 Å². The number of methoxy groups -OCH3 is 1. The van der Waals surface area contributed by atoms with Gasteiger partial charge in [0.1, 0.15) is 5.75 Å². The Morgan fingerprint density at radius 2 is 2.10 bits per heavy atom. The van der Waals surface area contributed by atoms with Gasteiger partial charge in [-0.05, 0) is 56.6 Å². The van der Waals surface area contributed by atoms with Gasteiger partial charge in [0.05, 0.1) is 18.9 Å². The molecular formula is C16H26N2O2S. The van der Waals surface area contributed by atoms with Crippen LogP contribution in [0.2, 0.25) is 0 Å². The van der Waals surface area contributed by atoms with Crippen LogP contribution in [0.15, 0.2) is 18.2 Å². The number of anilines is 1. The first-order valence-corrected chi connectivity index (χ1v) is 8.00. The van der Waals surface area contributed by atoms with Gasteiger partial charge < -0.3 is 18.7 Å². The highest BCUT2D eigenvalue weighted by Crippen LogP contribution is 2.32. The normalized spacial score (nSPS) is 13.8. The zero-order valence-electron chi connectivity index (χ0n) is 13.0. The predicted molar refractivity (Wildman–Crippen MR) is 90.6 cm³/mol. The number of ether oxygens (including phenoxy) is 2. The van der Waals surface area contributed by atoms with Crippen molar-refractivity contribution < 1.29 is 9.47 Å². The van der Waals surface area contributed by atoms with Crippen LogP contribution in [0.25, 0.3) is 0 Å². The van der Waals surface area contributed by atoms with E-state index in [0.717, 1.165) is 57.9 Å². The zero-order valence-corrected chi connectivity index (χ0v) is 13.9. The molecule has 0 aromatic heterocycles. The average Bonchev–Trinajstić information content (AvgIpc) is 2.86. The molecule has 118 valence electrons. The standard InChI is InChI=1S/C16H26N2O2S/c1-17(10-12-19-2)8-3-4-11-20-15-5-6-16-14(13-15)7-9-18(16)21/h5-6,13,21H,3-4,7-12H2,1-2H3. The van der Waals surface area contributed by atoms with Gasteiger partial charge in [0.25, 0.3) is 0 Å². The summed E-state index contributed by atoms with van der Waals surface area (Å²) < 4.78 is 12.9. The van der Waals surface area contributed by atoms with E-state index in [4.69, 9.17) is 9.47 Å². The Hall–Kier alpha value is -0.910. The Bertz CT molecular complexity index is 442. The molecule has 1 aliphatic rings. The van der Waals surface area contributed by atoms with Crippen molar-refractivity contribution in [3.8, 4) is 5.75 Å². The molecule has 21 heavy (non-hydrogen) atoms. The molecule has 1 aromatic rings. The minimum Gasteiger partial charge on any atom is -0.494 e. The Morgan fingerprint density at radius 3 is 2.90 bits per heavy atom. The van der Waals surface area contributed by atoms with Gasteiger partial charge in [0.15, 0.2) is 0 Å². The van der Waals surface area contributed by atoms with Crippen molar-refractivity contribution in [2.75, 3.05) is 51.3 Å². The second kappa shape index (κ2) is 8.51. The van der Waals surface area contributed by atoms with Crippen LogP contribution in [0, 0.1) is 0 Å². The zero-order chi connectivity index (χ0) is 15.1. The van der Waals surface area contributed by atoms with Gasteiger partial charge in [0, 0.05) is 20.2 Å². The Kier molecular flexibility index (Phi) is 6.67. The molecule has 0 bridgehead atoms. The summed E-state index contributed by atoms with van der Waals surface area (Å²) >= 11 is 4.43. The van der Waals surface area contributed by atoms with E-state index in [1.807, 2.05) is 10.4 Å². The van der Waals surface area contributed by atoms with E-state index in [0.29, 0.717) is 0 Å². The maximum absolute atomic E-state index is 5.84. The molecule has 0 saturated heterocycles. The predicted octanol–water partition coefficient (Wildman–Crippen LogP) is 2.63. The number of nitrogens with zero attached hydrogens (tertiary/aromatic N) is 2. The molecule has 0 radical (unpaired) electrons. The fourth-order valence-electron chi connectivity index (χ4n) is 2.48. The maximum atomic E-state index is 5.84. The summed E-state index contributed by atoms with van der Waals surface area (Å²) in [6, 6.07) is 6.29. The Balaban J connectivity index is 1.63. The van der Waals surface area contributed by atoms with Crippen molar-refractivity contribution in [1.82, 2.24) is 4.90 Å². The lowest BCUT2D eigenvalue weighted by Gasteiger charge is -2.16. The Morgan fingerprint density at radius 1 is 1.24 bits per heavy atom. The summed E-state index contributed by atoms with van der Waals surface area (Å²) in [5.41, 5.74) is 2.55. The van der Waals surface area contributed by atoms with Gasteiger partial charge in [-0.3, -0.25) is 0 Å². The highest BCUT2D eigenvalue weighted by atomic mass is 32.1. The first-order chi connectivity index (χ1) is 10.2. The lowest BCUT2D eigenvalue weighted by Crippen LogP contribution is -2.24. The van der Waals surface area contributed by atoms with E-state index in [1.165, 1.54) is 11.3 Å². The lowest BCUT2D eigenvalue weighted by molar-refractivity contribution is 0.159. The highest BCUT2D eigenvalue weighted by molar-refractivity contribution is 7.81. The molecule has 0 amide bonds. The largest absolute Gasteiger partial charge is 0.494 e. The fourth-order valence-corrected chi connectivity index (χ4v) is 2.78. The molecule has 0 N–H and O–H groups in total. The van der Waals surface area contributed by atoms with Crippen LogP contribution in [0.5, 0.6) is 5.75 Å². The fraction of sp³-hybridized carbons (Fsp3) is 0.625. The summed E-state index contributed by atoms with van der Waals surface area (Å²) in [7, 11) is 3.87. The van der Waals surface area contributed by atoms with Crippen LogP contribution in [0.4, 0.5) is 5.69 Å². The molecule has 0 fully saturated rings. The summed E-state index contributed by atoms with van der Waals surface area (Å²) in [4.78, 5) is 2.29. The highest BCUT2D eigenvalue weighted by Gasteiger charge is 2.16. The molecular weight excluding hydrogens is 284 g/mol. The molecule has 4 nitrogen and oxygen atoms in total. The van der Waals surface area contributed by atoms with Crippen molar-refractivity contribution >= 4 is 18.5 Å². The second-order valence-corrected chi connectivity index (χ2v) is 6.00. The molecule has 0 spiro atoms. The molecule has 1 aliphatic heterocycles. The van der Waals surface area contributed by atoms with E-state index < -0.39 is 0 Å². The van der Waals surface area contributed by atoms with Gasteiger partial charge >= 0.3 is 0 Å². The van der Waals surface area contributed by atoms with Gasteiger partial charge in [-0.25, -0.2) is 0 Å². The smallest absolute Gasteiger partial charge is 0.119 e. The van der Waals surface area contributed by atoms with E-state index in [1.54, 1.807) is 7.11 Å². The van der Waals surface area contributed by atoms with Crippen LogP contribution in [0.3, 0.4) is 0 Å². The van der Waals surface area contributed by atoms with Crippen LogP contribution >= 0.6 is 12.8 Å². The number of hydrogen-bond donors (Lipinski definition) is 1. The topological polar surface area (TPSA) is 24.9 Å². The van der Waals surface area contributed by atoms with Crippen molar-refractivity contribution in [1.29, 1.82) is 0 Å². The number of unbranched alkanes of at least 4 members (excludes halogenated alkanes) is 1. The monoisotopic (exact) mass is 310 g/mol. The van der Waals surface area contributed by atoms with E-state index in [2.05, 4.69) is 36.9 Å². The summed E-state index contributed by atoms with van der Waals surface area (Å²) in [5.74, 6) is 0.977. The van der Waals surface area contributed by atoms with Gasteiger partial charge in [-0.2, -0.15) is 0 Å². The maximum Gasteiger partial charge on any atom is 0.119 e. The third-order valence-electron chi connectivity index (χ3n) is 3.80. The van der Waals surface area contributed by atoms with Gasteiger partial charge in [-0.15, -0.1) is 0 Å². The molecule has 0 saturated carbocycles. The molecule has 1 aromatic carbocycles. The van der Waals surface area contributed by atoms with Crippen molar-refractivity contribution in [2.45, 2.75) is 19.3 Å². The van der Waals surface area contributed by atoms with E-state index >= 15 is 0 Å². The number of hydrogen-bond acceptors (Lipinski definition) is 5. The second-order valence-electron chi connectivity index (χ2n) is 5.52. The van der Waals surface area contributed by atoms with Crippen molar-refractivity contribution in [2.24, 2.45) is 0 Å². The molecule has 5 heteroatoms. The summed E-state index contributed by atoms with van der Waals surface area (Å²) in [6.45, 7) is 4.63. The lowest BCUT2D eigenvalue weighted by atomic mass is 10.1. The minimum absolute atomic E-state index is 0.779. The van der Waals surface area contributed by atoms with Gasteiger partial charge in [0.2, 0.25) is 0 Å². The van der Waals surface area contributed by atoms with Crippen LogP contribution in [-0.4, -0.2) is 51.9 Å². The van der Waals surface area contributed by atoms with Crippen LogP contribution in [-0.2, 0) is 11.2 Å². The molecule has 2 rings (SSSR count).